The molecule has 1 aliphatic rings. The number of methoxy groups -OCH3 is 1. The van der Waals surface area contributed by atoms with Gasteiger partial charge >= 0.3 is 0 Å². The Balaban J connectivity index is 1.63. The molecule has 4 N–H and O–H groups in total. The number of nitrogens with zero attached hydrogens (tertiary/aromatic N) is 4. The van der Waals surface area contributed by atoms with Crippen LogP contribution >= 0.6 is 0 Å². The lowest BCUT2D eigenvalue weighted by Gasteiger charge is -2.43. The number of ether oxygens (including phenoxy) is 1. The van der Waals surface area contributed by atoms with Crippen LogP contribution in [0.1, 0.15) is 18.3 Å². The van der Waals surface area contributed by atoms with Gasteiger partial charge in [0.2, 0.25) is 0 Å². The highest BCUT2D eigenvalue weighted by atomic mass is 19.1. The lowest BCUT2D eigenvalue weighted by Crippen LogP contribution is -2.57. The van der Waals surface area contributed by atoms with Crippen LogP contribution in [-0.2, 0) is 18.7 Å². The Morgan fingerprint density at radius 2 is 2.09 bits per heavy atom. The van der Waals surface area contributed by atoms with Crippen LogP contribution in [0.4, 0.5) is 8.78 Å². The van der Waals surface area contributed by atoms with Crippen LogP contribution in [0.2, 0.25) is 0 Å². The predicted octanol–water partition coefficient (Wildman–Crippen LogP) is 2.71. The maximum absolute atomic E-state index is 14.8. The molecule has 180 valence electrons. The number of hydrazine groups is 1. The first-order chi connectivity index (χ1) is 16.2. The molecule has 3 aromatic rings. The van der Waals surface area contributed by atoms with Crippen molar-refractivity contribution in [3.63, 3.8) is 0 Å². The van der Waals surface area contributed by atoms with E-state index in [-0.39, 0.29) is 12.1 Å². The number of imidazole rings is 1. The summed E-state index contributed by atoms with van der Waals surface area (Å²) in [6.07, 6.45) is 2.83. The number of rotatable bonds is 8. The molecule has 0 saturated heterocycles. The first kappa shape index (κ1) is 23.8. The largest absolute Gasteiger partial charge is 0.497 e. The summed E-state index contributed by atoms with van der Waals surface area (Å²) in [5, 5.41) is 20.1. The summed E-state index contributed by atoms with van der Waals surface area (Å²) in [5.74, 6) is 5.73. The molecule has 1 aromatic heterocycles. The fraction of sp³-hybridized carbons (Fsp3) is 0.333. The second-order valence-corrected chi connectivity index (χ2v) is 8.46. The van der Waals surface area contributed by atoms with Crippen LogP contribution < -0.4 is 10.6 Å². The number of halogens is 2. The summed E-state index contributed by atoms with van der Waals surface area (Å²) in [4.78, 5) is 6.76. The quantitative estimate of drug-likeness (QED) is 0.202. The summed E-state index contributed by atoms with van der Waals surface area (Å²) in [5.41, 5.74) is -0.158. The average Bonchev–Trinajstić information content (AvgIpc) is 3.26. The van der Waals surface area contributed by atoms with E-state index in [4.69, 9.17) is 21.0 Å². The molecule has 4 rings (SSSR count). The van der Waals surface area contributed by atoms with Gasteiger partial charge in [-0.05, 0) is 25.1 Å². The Morgan fingerprint density at radius 3 is 2.79 bits per heavy atom. The van der Waals surface area contributed by atoms with Crippen LogP contribution in [0.5, 0.6) is 5.75 Å². The van der Waals surface area contributed by atoms with E-state index in [1.54, 1.807) is 14.0 Å². The molecule has 0 aliphatic carbocycles. The maximum Gasteiger partial charge on any atom is 0.132 e. The molecule has 2 aromatic carbocycles. The number of nitrogens with one attached hydrogen (secondary N) is 1. The molecular weight excluding hydrogens is 442 g/mol. The highest BCUT2D eigenvalue weighted by molar-refractivity contribution is 5.61. The first-order valence-electron chi connectivity index (χ1n) is 10.9. The highest BCUT2D eigenvalue weighted by Crippen LogP contribution is 2.34. The number of benzene rings is 2. The minimum absolute atomic E-state index is 0.0790. The number of nitrogens with two attached hydrogens (primary N) is 1. The fourth-order valence-corrected chi connectivity index (χ4v) is 4.43. The van der Waals surface area contributed by atoms with E-state index in [2.05, 4.69) is 4.57 Å². The van der Waals surface area contributed by atoms with E-state index < -0.39 is 23.3 Å². The van der Waals surface area contributed by atoms with Gasteiger partial charge in [-0.15, -0.1) is 0 Å². The maximum atomic E-state index is 14.8. The smallest absolute Gasteiger partial charge is 0.132 e. The highest BCUT2D eigenvalue weighted by Gasteiger charge is 2.43. The Labute approximate surface area is 196 Å². The number of aromatic nitrogens is 2. The van der Waals surface area contributed by atoms with E-state index in [0.717, 1.165) is 46.3 Å². The van der Waals surface area contributed by atoms with Crippen molar-refractivity contribution in [1.82, 2.24) is 19.5 Å². The van der Waals surface area contributed by atoms with Crippen molar-refractivity contribution in [2.75, 3.05) is 20.2 Å². The zero-order chi connectivity index (χ0) is 24.5. The van der Waals surface area contributed by atoms with Crippen LogP contribution in [0.3, 0.4) is 0 Å². The summed E-state index contributed by atoms with van der Waals surface area (Å²) >= 11 is 0. The third-order valence-corrected chi connectivity index (χ3v) is 6.42. The van der Waals surface area contributed by atoms with Gasteiger partial charge in [0.25, 0.3) is 0 Å². The molecule has 0 bridgehead atoms. The van der Waals surface area contributed by atoms with Gasteiger partial charge in [-0.2, -0.15) is 0 Å². The average molecular weight is 471 g/mol. The third kappa shape index (κ3) is 4.52. The van der Waals surface area contributed by atoms with E-state index in [0.29, 0.717) is 19.6 Å². The zero-order valence-corrected chi connectivity index (χ0v) is 19.1. The van der Waals surface area contributed by atoms with Crippen molar-refractivity contribution in [3.05, 3.63) is 71.7 Å². The predicted molar refractivity (Wildman–Crippen MR) is 124 cm³/mol. The molecule has 0 amide bonds. The minimum Gasteiger partial charge on any atom is -0.497 e. The van der Waals surface area contributed by atoms with Gasteiger partial charge in [0.15, 0.2) is 0 Å². The first-order valence-corrected chi connectivity index (χ1v) is 10.9. The molecule has 2 unspecified atom stereocenters. The normalized spacial score (nSPS) is 16.4. The van der Waals surface area contributed by atoms with Crippen molar-refractivity contribution < 1.29 is 18.6 Å². The van der Waals surface area contributed by atoms with Gasteiger partial charge in [0.1, 0.15) is 28.8 Å². The summed E-state index contributed by atoms with van der Waals surface area (Å²) < 4.78 is 35.7. The Bertz CT molecular complexity index is 1190. The molecule has 0 spiro atoms. The van der Waals surface area contributed by atoms with Gasteiger partial charge in [-0.3, -0.25) is 15.3 Å². The topological polar surface area (TPSA) is 104 Å². The number of fused-ring (bicyclic) bond motifs is 1. The van der Waals surface area contributed by atoms with Gasteiger partial charge in [0, 0.05) is 42.5 Å². The van der Waals surface area contributed by atoms with Gasteiger partial charge in [0.05, 0.1) is 32.2 Å². The van der Waals surface area contributed by atoms with Gasteiger partial charge in [-0.25, -0.2) is 19.6 Å². The van der Waals surface area contributed by atoms with Crippen molar-refractivity contribution in [2.45, 2.75) is 31.7 Å². The van der Waals surface area contributed by atoms with Gasteiger partial charge in [-0.1, -0.05) is 18.2 Å². The second kappa shape index (κ2) is 9.49. The van der Waals surface area contributed by atoms with Gasteiger partial charge < -0.3 is 14.4 Å². The van der Waals surface area contributed by atoms with Crippen molar-refractivity contribution in [3.8, 4) is 17.0 Å². The Kier molecular flexibility index (Phi) is 6.65. The van der Waals surface area contributed by atoms with Crippen molar-refractivity contribution in [2.24, 2.45) is 5.84 Å². The monoisotopic (exact) mass is 470 g/mol. The number of hydrogen-bond acceptors (Lipinski definition) is 6. The van der Waals surface area contributed by atoms with Crippen molar-refractivity contribution in [1.29, 1.82) is 5.41 Å². The SMILES string of the molecule is COc1cccc(-c2cn3c(n2)CN(C(C)C(O)(CN(N)C=N)c2ccc(F)cc2F)CC3)c1. The molecule has 34 heavy (non-hydrogen) atoms. The minimum atomic E-state index is -1.81. The third-order valence-electron chi connectivity index (χ3n) is 6.42. The zero-order valence-electron chi connectivity index (χ0n) is 19.1. The molecule has 2 heterocycles. The molecule has 0 radical (unpaired) electrons. The lowest BCUT2D eigenvalue weighted by molar-refractivity contribution is -0.0679. The number of hydrogen-bond donors (Lipinski definition) is 3. The molecular formula is C24H28F2N6O2. The Morgan fingerprint density at radius 1 is 1.29 bits per heavy atom. The molecule has 10 heteroatoms. The standard InChI is InChI=1S/C24H28F2N6O2/c1-16(24(33,14-32(28)15-27)20-7-6-18(25)11-21(20)26)30-8-9-31-12-22(29-23(31)13-30)17-4-3-5-19(10-17)34-2/h3-7,10-12,15-16,27,33H,8-9,13-14,28H2,1-2H3. The van der Waals surface area contributed by atoms with Crippen LogP contribution in [0, 0.1) is 17.0 Å². The van der Waals surface area contributed by atoms with Crippen LogP contribution in [0.15, 0.2) is 48.7 Å². The van der Waals surface area contributed by atoms with Crippen molar-refractivity contribution >= 4 is 6.34 Å². The van der Waals surface area contributed by atoms with E-state index >= 15 is 0 Å². The van der Waals surface area contributed by atoms with E-state index in [9.17, 15) is 13.9 Å². The Hall–Kier alpha value is -3.34. The summed E-state index contributed by atoms with van der Waals surface area (Å²) in [6, 6.07) is 10.1. The fourth-order valence-electron chi connectivity index (χ4n) is 4.43. The molecule has 0 saturated carbocycles. The van der Waals surface area contributed by atoms with Crippen LogP contribution in [-0.4, -0.2) is 57.1 Å². The molecule has 8 nitrogen and oxygen atoms in total. The van der Waals surface area contributed by atoms with E-state index in [1.807, 2.05) is 35.4 Å². The molecule has 1 aliphatic heterocycles. The number of aliphatic hydroxyl groups is 1. The molecule has 2 atom stereocenters. The van der Waals surface area contributed by atoms with Crippen LogP contribution in [0.25, 0.3) is 11.3 Å². The summed E-state index contributed by atoms with van der Waals surface area (Å²) in [6.45, 7) is 3.12. The lowest BCUT2D eigenvalue weighted by atomic mass is 9.85. The van der Waals surface area contributed by atoms with E-state index in [1.165, 1.54) is 6.07 Å². The second-order valence-electron chi connectivity index (χ2n) is 8.46. The summed E-state index contributed by atoms with van der Waals surface area (Å²) in [7, 11) is 1.61. The molecule has 0 fully saturated rings.